The predicted octanol–water partition coefficient (Wildman–Crippen LogP) is 2.85. The highest BCUT2D eigenvalue weighted by atomic mass is 16.5. The number of hydrogen-bond acceptors (Lipinski definition) is 3. The Hall–Kier alpha value is -1.22. The lowest BCUT2D eigenvalue weighted by atomic mass is 9.98. The molecule has 2 atom stereocenters. The van der Waals surface area contributed by atoms with E-state index in [1.165, 1.54) is 0 Å². The minimum Gasteiger partial charge on any atom is -0.494 e. The lowest BCUT2D eigenvalue weighted by Crippen LogP contribution is -2.41. The molecule has 0 radical (unpaired) electrons. The third-order valence-electron chi connectivity index (χ3n) is 3.29. The van der Waals surface area contributed by atoms with Gasteiger partial charge in [-0.3, -0.25) is 0 Å². The average Bonchev–Trinajstić information content (AvgIpc) is 2.41. The van der Waals surface area contributed by atoms with E-state index in [4.69, 9.17) is 9.47 Å². The molecule has 1 aromatic rings. The Bertz CT molecular complexity index is 350. The number of benzene rings is 1. The number of nitrogens with one attached hydrogen (secondary N) is 1. The van der Waals surface area contributed by atoms with Gasteiger partial charge in [-0.2, -0.15) is 0 Å². The van der Waals surface area contributed by atoms with Crippen LogP contribution in [0.3, 0.4) is 0 Å². The summed E-state index contributed by atoms with van der Waals surface area (Å²) in [6.45, 7) is 7.20. The molecule has 0 amide bonds. The number of ether oxygens (including phenoxy) is 2. The topological polar surface area (TPSA) is 30.5 Å². The highest BCUT2D eigenvalue weighted by Crippen LogP contribution is 2.22. The summed E-state index contributed by atoms with van der Waals surface area (Å²) < 4.78 is 11.6. The van der Waals surface area contributed by atoms with Crippen LogP contribution in [0.5, 0.6) is 11.5 Å². The predicted molar refractivity (Wildman–Crippen MR) is 73.3 cm³/mol. The summed E-state index contributed by atoms with van der Waals surface area (Å²) in [7, 11) is 0. The van der Waals surface area contributed by atoms with Crippen LogP contribution >= 0.6 is 0 Å². The van der Waals surface area contributed by atoms with Crippen molar-refractivity contribution in [3.05, 3.63) is 24.3 Å². The van der Waals surface area contributed by atoms with E-state index in [1.54, 1.807) is 0 Å². The molecule has 1 aliphatic rings. The second kappa shape index (κ2) is 6.64. The molecule has 1 heterocycles. The summed E-state index contributed by atoms with van der Waals surface area (Å²) in [4.78, 5) is 0. The minimum atomic E-state index is 0.327. The van der Waals surface area contributed by atoms with Gasteiger partial charge in [0, 0.05) is 12.5 Å². The summed E-state index contributed by atoms with van der Waals surface area (Å²) in [5.74, 6) is 2.43. The second-order valence-corrected chi connectivity index (χ2v) is 4.95. The van der Waals surface area contributed by atoms with Gasteiger partial charge in [-0.1, -0.05) is 13.8 Å². The lowest BCUT2D eigenvalue weighted by molar-refractivity contribution is 0.112. The van der Waals surface area contributed by atoms with Gasteiger partial charge in [-0.15, -0.1) is 0 Å². The average molecular weight is 249 g/mol. The molecule has 0 saturated carbocycles. The number of piperidine rings is 1. The first-order valence-corrected chi connectivity index (χ1v) is 6.90. The highest BCUT2D eigenvalue weighted by molar-refractivity contribution is 5.31. The molecule has 2 rings (SSSR count). The lowest BCUT2D eigenvalue weighted by Gasteiger charge is -2.30. The van der Waals surface area contributed by atoms with Gasteiger partial charge in [0.1, 0.15) is 17.6 Å². The van der Waals surface area contributed by atoms with E-state index in [1.807, 2.05) is 24.3 Å². The molecule has 1 fully saturated rings. The van der Waals surface area contributed by atoms with Crippen molar-refractivity contribution in [3.63, 3.8) is 0 Å². The van der Waals surface area contributed by atoms with Gasteiger partial charge < -0.3 is 14.8 Å². The Kier molecular flexibility index (Phi) is 4.88. The summed E-state index contributed by atoms with van der Waals surface area (Å²) in [6.07, 6.45) is 2.44. The fourth-order valence-electron chi connectivity index (χ4n) is 2.17. The maximum Gasteiger partial charge on any atom is 0.120 e. The molecule has 1 aromatic carbocycles. The Labute approximate surface area is 109 Å². The first-order chi connectivity index (χ1) is 8.79. The van der Waals surface area contributed by atoms with Gasteiger partial charge in [0.05, 0.1) is 6.61 Å². The zero-order chi connectivity index (χ0) is 12.8. The van der Waals surface area contributed by atoms with E-state index in [9.17, 15) is 0 Å². The van der Waals surface area contributed by atoms with Gasteiger partial charge in [-0.25, -0.2) is 0 Å². The van der Waals surface area contributed by atoms with Crippen molar-refractivity contribution in [3.8, 4) is 11.5 Å². The van der Waals surface area contributed by atoms with Crippen molar-refractivity contribution in [2.45, 2.75) is 32.8 Å². The molecule has 1 aliphatic heterocycles. The summed E-state index contributed by atoms with van der Waals surface area (Å²) >= 11 is 0. The van der Waals surface area contributed by atoms with Crippen molar-refractivity contribution in [2.24, 2.45) is 5.92 Å². The quantitative estimate of drug-likeness (QED) is 0.870. The maximum absolute atomic E-state index is 6.03. The zero-order valence-corrected chi connectivity index (χ0v) is 11.3. The van der Waals surface area contributed by atoms with Crippen LogP contribution in [0.2, 0.25) is 0 Å². The standard InChI is InChI=1S/C15H23NO2/c1-3-10-17-13-4-6-14(7-5-13)18-15-8-9-16-11-12(15)2/h4-7,12,15-16H,3,8-11H2,1-2H3. The first kappa shape index (κ1) is 13.2. The normalized spacial score (nSPS) is 23.7. The van der Waals surface area contributed by atoms with Gasteiger partial charge in [-0.05, 0) is 43.7 Å². The molecular formula is C15H23NO2. The van der Waals surface area contributed by atoms with Crippen molar-refractivity contribution in [1.29, 1.82) is 0 Å². The van der Waals surface area contributed by atoms with Crippen LogP contribution in [0.15, 0.2) is 24.3 Å². The van der Waals surface area contributed by atoms with E-state index in [0.717, 1.165) is 44.0 Å². The van der Waals surface area contributed by atoms with Crippen LogP contribution in [0, 0.1) is 5.92 Å². The summed E-state index contributed by atoms with van der Waals surface area (Å²) in [5, 5.41) is 3.38. The first-order valence-electron chi connectivity index (χ1n) is 6.90. The largest absolute Gasteiger partial charge is 0.494 e. The molecule has 0 bridgehead atoms. The van der Waals surface area contributed by atoms with Gasteiger partial charge in [0.15, 0.2) is 0 Å². The molecule has 0 aromatic heterocycles. The van der Waals surface area contributed by atoms with Crippen LogP contribution in [0.4, 0.5) is 0 Å². The highest BCUT2D eigenvalue weighted by Gasteiger charge is 2.22. The summed E-state index contributed by atoms with van der Waals surface area (Å²) in [5.41, 5.74) is 0. The van der Waals surface area contributed by atoms with Crippen LogP contribution in [-0.2, 0) is 0 Å². The summed E-state index contributed by atoms with van der Waals surface area (Å²) in [6, 6.07) is 7.97. The van der Waals surface area contributed by atoms with Crippen LogP contribution < -0.4 is 14.8 Å². The third kappa shape index (κ3) is 3.64. The Morgan fingerprint density at radius 1 is 1.22 bits per heavy atom. The molecule has 1 saturated heterocycles. The molecule has 2 unspecified atom stereocenters. The molecular weight excluding hydrogens is 226 g/mol. The van der Waals surface area contributed by atoms with E-state index in [-0.39, 0.29) is 0 Å². The van der Waals surface area contributed by atoms with Gasteiger partial charge in [0.25, 0.3) is 0 Å². The molecule has 100 valence electrons. The second-order valence-electron chi connectivity index (χ2n) is 4.95. The molecule has 0 aliphatic carbocycles. The number of rotatable bonds is 5. The van der Waals surface area contributed by atoms with E-state index >= 15 is 0 Å². The van der Waals surface area contributed by atoms with Gasteiger partial charge in [0.2, 0.25) is 0 Å². The Morgan fingerprint density at radius 2 is 1.94 bits per heavy atom. The monoisotopic (exact) mass is 249 g/mol. The van der Waals surface area contributed by atoms with Crippen molar-refractivity contribution < 1.29 is 9.47 Å². The zero-order valence-electron chi connectivity index (χ0n) is 11.3. The molecule has 0 spiro atoms. The van der Waals surface area contributed by atoms with Gasteiger partial charge >= 0.3 is 0 Å². The molecule has 18 heavy (non-hydrogen) atoms. The Morgan fingerprint density at radius 3 is 2.61 bits per heavy atom. The van der Waals surface area contributed by atoms with E-state index < -0.39 is 0 Å². The third-order valence-corrected chi connectivity index (χ3v) is 3.29. The minimum absolute atomic E-state index is 0.327. The van der Waals surface area contributed by atoms with E-state index in [2.05, 4.69) is 19.2 Å². The maximum atomic E-state index is 6.03. The van der Waals surface area contributed by atoms with Crippen molar-refractivity contribution >= 4 is 0 Å². The molecule has 1 N–H and O–H groups in total. The molecule has 3 heteroatoms. The Balaban J connectivity index is 1.89. The fraction of sp³-hybridized carbons (Fsp3) is 0.600. The number of hydrogen-bond donors (Lipinski definition) is 1. The molecule has 3 nitrogen and oxygen atoms in total. The van der Waals surface area contributed by atoms with Crippen molar-refractivity contribution in [1.82, 2.24) is 5.32 Å². The smallest absolute Gasteiger partial charge is 0.120 e. The van der Waals surface area contributed by atoms with Crippen LogP contribution in [0.25, 0.3) is 0 Å². The SMILES string of the molecule is CCCOc1ccc(OC2CCNCC2C)cc1. The van der Waals surface area contributed by atoms with E-state index in [0.29, 0.717) is 12.0 Å². The van der Waals surface area contributed by atoms with Crippen LogP contribution in [-0.4, -0.2) is 25.8 Å². The van der Waals surface area contributed by atoms with Crippen molar-refractivity contribution in [2.75, 3.05) is 19.7 Å². The fourth-order valence-corrected chi connectivity index (χ4v) is 2.17. The van der Waals surface area contributed by atoms with Crippen LogP contribution in [0.1, 0.15) is 26.7 Å².